The Kier molecular flexibility index (Phi) is 6.01. The van der Waals surface area contributed by atoms with Crippen LogP contribution in [0.5, 0.6) is 0 Å². The second-order valence-electron chi connectivity index (χ2n) is 7.85. The largest absolute Gasteiger partial charge is 0.345 e. The number of aromatic nitrogens is 2. The summed E-state index contributed by atoms with van der Waals surface area (Å²) in [6.45, 7) is 10.5. The Morgan fingerprint density at radius 2 is 1.76 bits per heavy atom. The summed E-state index contributed by atoms with van der Waals surface area (Å²) in [5.41, 5.74) is 2.99. The topological polar surface area (TPSA) is 52.2 Å². The van der Waals surface area contributed by atoms with E-state index in [-0.39, 0.29) is 11.3 Å². The predicted molar refractivity (Wildman–Crippen MR) is 102 cm³/mol. The minimum atomic E-state index is 0.0505. The quantitative estimate of drug-likeness (QED) is 0.877. The van der Waals surface area contributed by atoms with Crippen molar-refractivity contribution < 1.29 is 4.79 Å². The van der Waals surface area contributed by atoms with E-state index in [1.807, 2.05) is 38.1 Å². The van der Waals surface area contributed by atoms with Crippen LogP contribution in [0.25, 0.3) is 0 Å². The van der Waals surface area contributed by atoms with E-state index < -0.39 is 0 Å². The second-order valence-corrected chi connectivity index (χ2v) is 7.85. The van der Waals surface area contributed by atoms with Gasteiger partial charge in [-0.15, -0.1) is 0 Å². The summed E-state index contributed by atoms with van der Waals surface area (Å²) < 4.78 is 0. The lowest BCUT2D eigenvalue weighted by Crippen LogP contribution is -2.36. The van der Waals surface area contributed by atoms with Gasteiger partial charge >= 0.3 is 0 Å². The number of likely N-dealkylation sites (N-methyl/N-ethyl adjacent to an activating group) is 1. The van der Waals surface area contributed by atoms with Crippen LogP contribution in [0, 0.1) is 6.92 Å². The summed E-state index contributed by atoms with van der Waals surface area (Å²) in [4.78, 5) is 24.4. The molecule has 1 aromatic carbocycles. The minimum absolute atomic E-state index is 0.0505. The Morgan fingerprint density at radius 1 is 1.12 bits per heavy atom. The number of H-pyrrole nitrogens is 1. The van der Waals surface area contributed by atoms with Gasteiger partial charge in [0.05, 0.1) is 18.4 Å². The summed E-state index contributed by atoms with van der Waals surface area (Å²) in [6.07, 6.45) is 1.80. The normalized spacial score (nSPS) is 11.8. The highest BCUT2D eigenvalue weighted by Gasteiger charge is 2.19. The maximum absolute atomic E-state index is 13.0. The zero-order valence-electron chi connectivity index (χ0n) is 16.3. The highest BCUT2D eigenvalue weighted by molar-refractivity contribution is 5.94. The van der Waals surface area contributed by atoms with Gasteiger partial charge in [0.2, 0.25) is 0 Å². The van der Waals surface area contributed by atoms with E-state index >= 15 is 0 Å². The molecule has 5 heteroatoms. The lowest BCUT2D eigenvalue weighted by atomic mass is 9.86. The van der Waals surface area contributed by atoms with Gasteiger partial charge in [0.15, 0.2) is 0 Å². The maximum atomic E-state index is 13.0. The van der Waals surface area contributed by atoms with Crippen molar-refractivity contribution in [1.82, 2.24) is 19.8 Å². The van der Waals surface area contributed by atoms with Crippen molar-refractivity contribution in [2.24, 2.45) is 0 Å². The van der Waals surface area contributed by atoms with Gasteiger partial charge in [0, 0.05) is 18.7 Å². The smallest absolute Gasteiger partial charge is 0.254 e. The first-order chi connectivity index (χ1) is 11.7. The summed E-state index contributed by atoms with van der Waals surface area (Å²) in [5.74, 6) is 0.916. The first kappa shape index (κ1) is 19.2. The first-order valence-electron chi connectivity index (χ1n) is 8.72. The van der Waals surface area contributed by atoms with Crippen molar-refractivity contribution in [3.8, 4) is 0 Å². The van der Waals surface area contributed by atoms with E-state index in [9.17, 15) is 4.79 Å². The van der Waals surface area contributed by atoms with Gasteiger partial charge in [-0.3, -0.25) is 4.79 Å². The van der Waals surface area contributed by atoms with Gasteiger partial charge in [0.25, 0.3) is 5.91 Å². The molecule has 5 nitrogen and oxygen atoms in total. The third kappa shape index (κ3) is 5.43. The Hall–Kier alpha value is -2.14. The fraction of sp³-hybridized carbons (Fsp3) is 0.500. The van der Waals surface area contributed by atoms with E-state index in [0.717, 1.165) is 23.6 Å². The molecular formula is C20H30N4O. The first-order valence-corrected chi connectivity index (χ1v) is 8.72. The molecule has 2 rings (SSSR count). The number of aryl methyl sites for hydroxylation is 1. The molecule has 0 atom stereocenters. The summed E-state index contributed by atoms with van der Waals surface area (Å²) >= 11 is 0. The Balaban J connectivity index is 2.18. The van der Waals surface area contributed by atoms with Gasteiger partial charge in [-0.25, -0.2) is 4.98 Å². The van der Waals surface area contributed by atoms with Crippen LogP contribution in [-0.4, -0.2) is 52.9 Å². The molecule has 0 spiro atoms. The Bertz CT molecular complexity index is 695. The summed E-state index contributed by atoms with van der Waals surface area (Å²) in [7, 11) is 4.03. The molecule has 0 fully saturated rings. The average molecular weight is 342 g/mol. The van der Waals surface area contributed by atoms with Crippen LogP contribution in [0.1, 0.15) is 48.2 Å². The standard InChI is InChI=1S/C20H30N4O/c1-15-21-13-18(22-15)14-24(12-11-23(5)6)19(25)16-7-9-17(10-8-16)20(2,3)4/h7-10,13H,11-12,14H2,1-6H3,(H,21,22). The SMILES string of the molecule is Cc1ncc(CN(CCN(C)C)C(=O)c2ccc(C(C)(C)C)cc2)[nH]1. The van der Waals surface area contributed by atoms with Crippen LogP contribution >= 0.6 is 0 Å². The molecule has 1 heterocycles. The van der Waals surface area contributed by atoms with E-state index in [2.05, 4.69) is 47.8 Å². The Labute approximate surface area is 151 Å². The number of imidazole rings is 1. The molecule has 0 radical (unpaired) electrons. The predicted octanol–water partition coefficient (Wildman–Crippen LogP) is 3.22. The van der Waals surface area contributed by atoms with Crippen LogP contribution in [-0.2, 0) is 12.0 Å². The van der Waals surface area contributed by atoms with Crippen LogP contribution in [0.15, 0.2) is 30.5 Å². The molecule has 0 saturated carbocycles. The molecule has 0 unspecified atom stereocenters. The van der Waals surface area contributed by atoms with Gasteiger partial charge in [-0.05, 0) is 44.1 Å². The Morgan fingerprint density at radius 3 is 2.24 bits per heavy atom. The number of carbonyl (C=O) groups is 1. The lowest BCUT2D eigenvalue weighted by molar-refractivity contribution is 0.0730. The number of nitrogens with zero attached hydrogens (tertiary/aromatic N) is 3. The van der Waals surface area contributed by atoms with Crippen molar-refractivity contribution in [1.29, 1.82) is 0 Å². The minimum Gasteiger partial charge on any atom is -0.345 e. The number of carbonyl (C=O) groups excluding carboxylic acids is 1. The molecule has 25 heavy (non-hydrogen) atoms. The number of nitrogens with one attached hydrogen (secondary N) is 1. The molecular weight excluding hydrogens is 312 g/mol. The molecule has 1 N–H and O–H groups in total. The van der Waals surface area contributed by atoms with Crippen molar-refractivity contribution in [2.75, 3.05) is 27.2 Å². The third-order valence-electron chi connectivity index (χ3n) is 4.22. The van der Waals surface area contributed by atoms with Gasteiger partial charge in [-0.2, -0.15) is 0 Å². The molecule has 0 bridgehead atoms. The highest BCUT2D eigenvalue weighted by Crippen LogP contribution is 2.22. The van der Waals surface area contributed by atoms with E-state index in [4.69, 9.17) is 0 Å². The van der Waals surface area contributed by atoms with Crippen LogP contribution in [0.3, 0.4) is 0 Å². The number of benzene rings is 1. The van der Waals surface area contributed by atoms with E-state index in [0.29, 0.717) is 13.1 Å². The second kappa shape index (κ2) is 7.83. The molecule has 2 aromatic rings. The number of aromatic amines is 1. The molecule has 0 aliphatic heterocycles. The highest BCUT2D eigenvalue weighted by atomic mass is 16.2. The lowest BCUT2D eigenvalue weighted by Gasteiger charge is -2.25. The third-order valence-corrected chi connectivity index (χ3v) is 4.22. The zero-order chi connectivity index (χ0) is 18.6. The van der Waals surface area contributed by atoms with E-state index in [1.165, 1.54) is 5.56 Å². The summed E-state index contributed by atoms with van der Waals surface area (Å²) in [5, 5.41) is 0. The fourth-order valence-corrected chi connectivity index (χ4v) is 2.63. The molecule has 0 aliphatic carbocycles. The van der Waals surface area contributed by atoms with Crippen molar-refractivity contribution >= 4 is 5.91 Å². The number of amides is 1. The van der Waals surface area contributed by atoms with Crippen molar-refractivity contribution in [3.05, 3.63) is 53.1 Å². The van der Waals surface area contributed by atoms with Crippen molar-refractivity contribution in [3.63, 3.8) is 0 Å². The molecule has 1 aromatic heterocycles. The zero-order valence-corrected chi connectivity index (χ0v) is 16.3. The molecule has 136 valence electrons. The molecule has 0 aliphatic rings. The fourth-order valence-electron chi connectivity index (χ4n) is 2.63. The van der Waals surface area contributed by atoms with E-state index in [1.54, 1.807) is 6.20 Å². The number of rotatable bonds is 6. The molecule has 1 amide bonds. The molecule has 0 saturated heterocycles. The van der Waals surface area contributed by atoms with Crippen LogP contribution in [0.4, 0.5) is 0 Å². The van der Waals surface area contributed by atoms with Gasteiger partial charge in [-0.1, -0.05) is 32.9 Å². The summed E-state index contributed by atoms with van der Waals surface area (Å²) in [6, 6.07) is 7.98. The van der Waals surface area contributed by atoms with Crippen molar-refractivity contribution in [2.45, 2.75) is 39.7 Å². The van der Waals surface area contributed by atoms with Gasteiger partial charge in [0.1, 0.15) is 5.82 Å². The van der Waals surface area contributed by atoms with Gasteiger partial charge < -0.3 is 14.8 Å². The van der Waals surface area contributed by atoms with Crippen LogP contribution in [0.2, 0.25) is 0 Å². The number of hydrogen-bond acceptors (Lipinski definition) is 3. The monoisotopic (exact) mass is 342 g/mol. The maximum Gasteiger partial charge on any atom is 0.254 e. The van der Waals surface area contributed by atoms with Crippen LogP contribution < -0.4 is 0 Å². The average Bonchev–Trinajstić information content (AvgIpc) is 2.95. The number of hydrogen-bond donors (Lipinski definition) is 1.